The average Bonchev–Trinajstić information content (AvgIpc) is 3.38. The molecule has 2 heterocycles. The van der Waals surface area contributed by atoms with Gasteiger partial charge in [-0.15, -0.1) is 0 Å². The number of hydrogen-bond acceptors (Lipinski definition) is 7. The minimum absolute atomic E-state index is 0.0403. The largest absolute Gasteiger partial charge is 0.388 e. The molecule has 0 bridgehead atoms. The summed E-state index contributed by atoms with van der Waals surface area (Å²) < 4.78 is 1.69. The molecule has 1 fully saturated rings. The lowest BCUT2D eigenvalue weighted by Crippen LogP contribution is -2.42. The first-order chi connectivity index (χ1) is 16.5. The molecule has 176 valence electrons. The van der Waals surface area contributed by atoms with Crippen LogP contribution >= 0.6 is 11.6 Å². The van der Waals surface area contributed by atoms with Crippen LogP contribution in [0, 0.1) is 0 Å². The molecule has 4 aromatic rings. The highest BCUT2D eigenvalue weighted by Gasteiger charge is 2.43. The molecule has 0 saturated heterocycles. The fraction of sp³-hybridized carbons (Fsp3) is 0.333. The van der Waals surface area contributed by atoms with Crippen LogP contribution in [-0.2, 0) is 11.3 Å². The number of rotatable bonds is 6. The van der Waals surface area contributed by atoms with Crippen molar-refractivity contribution in [2.45, 2.75) is 50.6 Å². The van der Waals surface area contributed by atoms with Gasteiger partial charge in [-0.1, -0.05) is 49.4 Å². The molecule has 4 N–H and O–H groups in total. The lowest BCUT2D eigenvalue weighted by atomic mass is 10.0. The molecular weight excluding hydrogens is 456 g/mol. The third-order valence-corrected chi connectivity index (χ3v) is 6.57. The first-order valence-electron chi connectivity index (χ1n) is 11.2. The SMILES string of the molecule is CCC(=O)NC1CC(n2cnc3c(NCc4cccc5ccccc45)nc(Cl)nc32)C(O)C1O. The van der Waals surface area contributed by atoms with Crippen molar-refractivity contribution in [3.8, 4) is 0 Å². The van der Waals surface area contributed by atoms with Crippen LogP contribution in [-0.4, -0.2) is 53.9 Å². The summed E-state index contributed by atoms with van der Waals surface area (Å²) in [7, 11) is 0. The van der Waals surface area contributed by atoms with Gasteiger partial charge in [0.2, 0.25) is 11.2 Å². The minimum Gasteiger partial charge on any atom is -0.388 e. The van der Waals surface area contributed by atoms with Crippen LogP contribution in [0.3, 0.4) is 0 Å². The second-order valence-electron chi connectivity index (χ2n) is 8.47. The van der Waals surface area contributed by atoms with Gasteiger partial charge in [-0.25, -0.2) is 4.98 Å². The molecule has 2 aromatic carbocycles. The number of hydrogen-bond donors (Lipinski definition) is 4. The molecule has 10 heteroatoms. The Morgan fingerprint density at radius 1 is 1.15 bits per heavy atom. The van der Waals surface area contributed by atoms with E-state index in [1.807, 2.05) is 18.2 Å². The van der Waals surface area contributed by atoms with Gasteiger partial charge in [0.05, 0.1) is 18.4 Å². The standard InChI is InChI=1S/C24H25ClN6O3/c1-2-18(32)28-16-10-17(21(34)20(16)33)31-12-27-19-22(29-24(25)30-23(19)31)26-11-14-8-5-7-13-6-3-4-9-15(13)14/h3-9,12,16-17,20-21,33-34H,2,10-11H2,1H3,(H,28,32)(H,26,29,30). The van der Waals surface area contributed by atoms with Crippen molar-refractivity contribution in [1.82, 2.24) is 24.8 Å². The van der Waals surface area contributed by atoms with Gasteiger partial charge in [-0.2, -0.15) is 9.97 Å². The number of carbonyl (C=O) groups excluding carboxylic acids is 1. The van der Waals surface area contributed by atoms with E-state index in [9.17, 15) is 15.0 Å². The quantitative estimate of drug-likeness (QED) is 0.313. The number of aliphatic hydroxyl groups excluding tert-OH is 2. The van der Waals surface area contributed by atoms with E-state index in [0.29, 0.717) is 36.4 Å². The number of nitrogens with one attached hydrogen (secondary N) is 2. The van der Waals surface area contributed by atoms with Gasteiger partial charge >= 0.3 is 0 Å². The maximum Gasteiger partial charge on any atom is 0.226 e. The van der Waals surface area contributed by atoms with Gasteiger partial charge < -0.3 is 25.4 Å². The fourth-order valence-corrected chi connectivity index (χ4v) is 4.78. The van der Waals surface area contributed by atoms with Gasteiger partial charge in [0, 0.05) is 13.0 Å². The summed E-state index contributed by atoms with van der Waals surface area (Å²) in [5.41, 5.74) is 2.05. The van der Waals surface area contributed by atoms with Crippen molar-refractivity contribution >= 4 is 45.3 Å². The summed E-state index contributed by atoms with van der Waals surface area (Å²) in [6.07, 6.45) is -0.00446. The number of halogens is 1. The average molecular weight is 481 g/mol. The highest BCUT2D eigenvalue weighted by molar-refractivity contribution is 6.28. The molecule has 1 aliphatic carbocycles. The molecule has 34 heavy (non-hydrogen) atoms. The number of benzene rings is 2. The predicted molar refractivity (Wildman–Crippen MR) is 129 cm³/mol. The zero-order valence-electron chi connectivity index (χ0n) is 18.5. The molecule has 9 nitrogen and oxygen atoms in total. The van der Waals surface area contributed by atoms with E-state index in [2.05, 4.69) is 49.9 Å². The Morgan fingerprint density at radius 2 is 1.94 bits per heavy atom. The molecule has 0 spiro atoms. The van der Waals surface area contributed by atoms with Crippen LogP contribution in [0.25, 0.3) is 21.9 Å². The number of fused-ring (bicyclic) bond motifs is 2. The second kappa shape index (κ2) is 9.17. The van der Waals surface area contributed by atoms with Crippen molar-refractivity contribution in [3.05, 3.63) is 59.6 Å². The Labute approximate surface area is 200 Å². The summed E-state index contributed by atoms with van der Waals surface area (Å²) in [6, 6.07) is 13.2. The van der Waals surface area contributed by atoms with E-state index in [1.165, 1.54) is 0 Å². The molecule has 1 aliphatic rings. The first-order valence-corrected chi connectivity index (χ1v) is 11.6. The Kier molecular flexibility index (Phi) is 6.07. The van der Waals surface area contributed by atoms with E-state index >= 15 is 0 Å². The van der Waals surface area contributed by atoms with Crippen LogP contribution in [0.1, 0.15) is 31.4 Å². The third-order valence-electron chi connectivity index (χ3n) is 6.40. The highest BCUT2D eigenvalue weighted by atomic mass is 35.5. The van der Waals surface area contributed by atoms with E-state index in [4.69, 9.17) is 11.6 Å². The second-order valence-corrected chi connectivity index (χ2v) is 8.81. The number of nitrogens with zero attached hydrogens (tertiary/aromatic N) is 4. The molecule has 4 unspecified atom stereocenters. The maximum atomic E-state index is 11.8. The fourth-order valence-electron chi connectivity index (χ4n) is 4.62. The highest BCUT2D eigenvalue weighted by Crippen LogP contribution is 2.34. The molecular formula is C24H25ClN6O3. The van der Waals surface area contributed by atoms with Crippen LogP contribution in [0.5, 0.6) is 0 Å². The van der Waals surface area contributed by atoms with E-state index < -0.39 is 24.3 Å². The zero-order valence-corrected chi connectivity index (χ0v) is 19.3. The normalized spacial score (nSPS) is 22.4. The summed E-state index contributed by atoms with van der Waals surface area (Å²) in [4.78, 5) is 25.0. The number of imidazole rings is 1. The zero-order chi connectivity index (χ0) is 23.8. The molecule has 1 saturated carbocycles. The molecule has 5 rings (SSSR count). The van der Waals surface area contributed by atoms with Crippen LogP contribution in [0.4, 0.5) is 5.82 Å². The molecule has 0 radical (unpaired) electrons. The third kappa shape index (κ3) is 4.06. The lowest BCUT2D eigenvalue weighted by molar-refractivity contribution is -0.122. The minimum atomic E-state index is -1.10. The number of anilines is 1. The van der Waals surface area contributed by atoms with Crippen molar-refractivity contribution in [3.63, 3.8) is 0 Å². The van der Waals surface area contributed by atoms with Crippen LogP contribution < -0.4 is 10.6 Å². The topological polar surface area (TPSA) is 125 Å². The van der Waals surface area contributed by atoms with E-state index in [1.54, 1.807) is 17.8 Å². The summed E-state index contributed by atoms with van der Waals surface area (Å²) >= 11 is 6.25. The van der Waals surface area contributed by atoms with Gasteiger partial charge in [-0.05, 0) is 34.4 Å². The molecule has 1 amide bonds. The summed E-state index contributed by atoms with van der Waals surface area (Å²) in [5.74, 6) is 0.295. The van der Waals surface area contributed by atoms with Gasteiger partial charge in [0.15, 0.2) is 17.0 Å². The summed E-state index contributed by atoms with van der Waals surface area (Å²) in [5, 5.41) is 29.6. The monoisotopic (exact) mass is 480 g/mol. The first kappa shape index (κ1) is 22.5. The smallest absolute Gasteiger partial charge is 0.226 e. The number of carbonyl (C=O) groups is 1. The predicted octanol–water partition coefficient (Wildman–Crippen LogP) is 2.81. The van der Waals surface area contributed by atoms with Crippen molar-refractivity contribution < 1.29 is 15.0 Å². The number of aliphatic hydroxyl groups is 2. The van der Waals surface area contributed by atoms with Gasteiger partial charge in [0.25, 0.3) is 0 Å². The molecule has 2 aromatic heterocycles. The molecule has 0 aliphatic heterocycles. The Bertz CT molecular complexity index is 1350. The maximum absolute atomic E-state index is 11.8. The molecule has 4 atom stereocenters. The number of aromatic nitrogens is 4. The Morgan fingerprint density at radius 3 is 2.76 bits per heavy atom. The van der Waals surface area contributed by atoms with Crippen LogP contribution in [0.15, 0.2) is 48.8 Å². The Hall–Kier alpha value is -3.27. The van der Waals surface area contributed by atoms with Crippen molar-refractivity contribution in [2.75, 3.05) is 5.32 Å². The van der Waals surface area contributed by atoms with E-state index in [-0.39, 0.29) is 11.2 Å². The lowest BCUT2D eigenvalue weighted by Gasteiger charge is -2.18. The Balaban J connectivity index is 1.44. The van der Waals surface area contributed by atoms with E-state index in [0.717, 1.165) is 16.3 Å². The van der Waals surface area contributed by atoms with Crippen molar-refractivity contribution in [1.29, 1.82) is 0 Å². The van der Waals surface area contributed by atoms with Crippen LogP contribution in [0.2, 0.25) is 5.28 Å². The summed E-state index contributed by atoms with van der Waals surface area (Å²) in [6.45, 7) is 2.24. The van der Waals surface area contributed by atoms with Crippen molar-refractivity contribution in [2.24, 2.45) is 0 Å². The number of amides is 1. The van der Waals surface area contributed by atoms with Gasteiger partial charge in [0.1, 0.15) is 12.2 Å². The van der Waals surface area contributed by atoms with Gasteiger partial charge in [-0.3, -0.25) is 4.79 Å².